The first-order valence-electron chi connectivity index (χ1n) is 10.2. The summed E-state index contributed by atoms with van der Waals surface area (Å²) in [6.07, 6.45) is 2.19. The van der Waals surface area contributed by atoms with Crippen LogP contribution >= 0.6 is 0 Å². The van der Waals surface area contributed by atoms with Crippen LogP contribution in [0, 0.1) is 6.92 Å². The molecule has 0 unspecified atom stereocenters. The van der Waals surface area contributed by atoms with E-state index in [1.54, 1.807) is 36.2 Å². The van der Waals surface area contributed by atoms with Gasteiger partial charge in [0.25, 0.3) is 11.8 Å². The number of carbonyl (C=O) groups is 2. The maximum Gasteiger partial charge on any atom is 0.291 e. The van der Waals surface area contributed by atoms with Gasteiger partial charge in [0.05, 0.1) is 6.26 Å². The maximum absolute atomic E-state index is 13.1. The Balaban J connectivity index is 1.56. The first-order chi connectivity index (χ1) is 15.0. The molecule has 4 aromatic rings. The highest BCUT2D eigenvalue weighted by Gasteiger charge is 2.19. The fourth-order valence-corrected chi connectivity index (χ4v) is 3.62. The van der Waals surface area contributed by atoms with Crippen molar-refractivity contribution in [3.63, 3.8) is 0 Å². The number of carbonyl (C=O) groups excluding carboxylic acids is 2. The van der Waals surface area contributed by atoms with Crippen LogP contribution in [-0.2, 0) is 13.0 Å². The van der Waals surface area contributed by atoms with Crippen LogP contribution in [0.3, 0.4) is 0 Å². The van der Waals surface area contributed by atoms with Crippen molar-refractivity contribution in [1.29, 1.82) is 0 Å². The second kappa shape index (κ2) is 8.52. The van der Waals surface area contributed by atoms with E-state index in [4.69, 9.17) is 8.83 Å². The van der Waals surface area contributed by atoms with Crippen LogP contribution < -0.4 is 5.32 Å². The predicted octanol–water partition coefficient (Wildman–Crippen LogP) is 5.42. The molecular formula is C25H24N2O4. The Morgan fingerprint density at radius 3 is 2.61 bits per heavy atom. The molecule has 31 heavy (non-hydrogen) atoms. The van der Waals surface area contributed by atoms with Gasteiger partial charge in [-0.3, -0.25) is 9.59 Å². The zero-order chi connectivity index (χ0) is 22.0. The molecule has 0 aliphatic heterocycles. The summed E-state index contributed by atoms with van der Waals surface area (Å²) in [5.41, 5.74) is 3.77. The highest BCUT2D eigenvalue weighted by Crippen LogP contribution is 2.28. The molecule has 0 atom stereocenters. The average Bonchev–Trinajstić information content (AvgIpc) is 3.43. The third-order valence-corrected chi connectivity index (χ3v) is 5.32. The SMILES string of the molecule is CCc1oc2ccccc2c1CN(C)C(=O)c1ccc(C)c(NC(=O)c2ccco2)c1. The minimum Gasteiger partial charge on any atom is -0.461 e. The van der Waals surface area contributed by atoms with Crippen molar-refractivity contribution in [3.05, 3.63) is 89.1 Å². The van der Waals surface area contributed by atoms with Gasteiger partial charge in [0, 0.05) is 42.2 Å². The number of hydrogen-bond acceptors (Lipinski definition) is 4. The van der Waals surface area contributed by atoms with E-state index in [2.05, 4.69) is 5.32 Å². The number of benzene rings is 2. The summed E-state index contributed by atoms with van der Waals surface area (Å²) >= 11 is 0. The number of fused-ring (bicyclic) bond motifs is 1. The molecule has 0 saturated carbocycles. The summed E-state index contributed by atoms with van der Waals surface area (Å²) in [5.74, 6) is 0.604. The lowest BCUT2D eigenvalue weighted by atomic mass is 10.1. The molecule has 4 rings (SSSR count). The van der Waals surface area contributed by atoms with Crippen molar-refractivity contribution in [2.75, 3.05) is 12.4 Å². The molecule has 2 aromatic heterocycles. The van der Waals surface area contributed by atoms with Gasteiger partial charge in [-0.1, -0.05) is 31.2 Å². The molecule has 158 valence electrons. The largest absolute Gasteiger partial charge is 0.461 e. The van der Waals surface area contributed by atoms with Crippen molar-refractivity contribution in [2.24, 2.45) is 0 Å². The minimum atomic E-state index is -0.358. The Labute approximate surface area is 180 Å². The van der Waals surface area contributed by atoms with Crippen molar-refractivity contribution in [2.45, 2.75) is 26.8 Å². The fraction of sp³-hybridized carbons (Fsp3) is 0.200. The molecule has 0 saturated heterocycles. The second-order valence-electron chi connectivity index (χ2n) is 7.48. The van der Waals surface area contributed by atoms with E-state index in [-0.39, 0.29) is 17.6 Å². The molecule has 0 spiro atoms. The van der Waals surface area contributed by atoms with Crippen molar-refractivity contribution in [1.82, 2.24) is 4.90 Å². The van der Waals surface area contributed by atoms with Gasteiger partial charge in [0.1, 0.15) is 11.3 Å². The third-order valence-electron chi connectivity index (χ3n) is 5.32. The lowest BCUT2D eigenvalue weighted by Gasteiger charge is -2.18. The lowest BCUT2D eigenvalue weighted by molar-refractivity contribution is 0.0784. The van der Waals surface area contributed by atoms with E-state index in [9.17, 15) is 9.59 Å². The first kappa shape index (κ1) is 20.5. The number of rotatable bonds is 6. The zero-order valence-electron chi connectivity index (χ0n) is 17.8. The Kier molecular flexibility index (Phi) is 5.62. The fourth-order valence-electron chi connectivity index (χ4n) is 3.62. The van der Waals surface area contributed by atoms with Gasteiger partial charge in [0.15, 0.2) is 5.76 Å². The van der Waals surface area contributed by atoms with Crippen LogP contribution in [0.5, 0.6) is 0 Å². The quantitative estimate of drug-likeness (QED) is 0.455. The van der Waals surface area contributed by atoms with Gasteiger partial charge in [-0.25, -0.2) is 0 Å². The van der Waals surface area contributed by atoms with Crippen LogP contribution in [0.2, 0.25) is 0 Å². The average molecular weight is 416 g/mol. The molecular weight excluding hydrogens is 392 g/mol. The first-order valence-corrected chi connectivity index (χ1v) is 10.2. The molecule has 1 N–H and O–H groups in total. The molecule has 6 heteroatoms. The molecule has 0 radical (unpaired) electrons. The summed E-state index contributed by atoms with van der Waals surface area (Å²) in [5, 5.41) is 3.84. The number of nitrogens with one attached hydrogen (secondary N) is 1. The van der Waals surface area contributed by atoms with Gasteiger partial charge >= 0.3 is 0 Å². The number of hydrogen-bond donors (Lipinski definition) is 1. The normalized spacial score (nSPS) is 10.9. The van der Waals surface area contributed by atoms with E-state index in [0.717, 1.165) is 34.3 Å². The van der Waals surface area contributed by atoms with Crippen molar-refractivity contribution >= 4 is 28.5 Å². The Hall–Kier alpha value is -3.80. The molecule has 0 aliphatic carbocycles. The predicted molar refractivity (Wildman–Crippen MR) is 119 cm³/mol. The molecule has 6 nitrogen and oxygen atoms in total. The van der Waals surface area contributed by atoms with Crippen molar-refractivity contribution < 1.29 is 18.4 Å². The highest BCUT2D eigenvalue weighted by molar-refractivity contribution is 6.04. The maximum atomic E-state index is 13.1. The van der Waals surface area contributed by atoms with Crippen LogP contribution in [0.25, 0.3) is 11.0 Å². The third kappa shape index (κ3) is 4.10. The molecule has 2 heterocycles. The van der Waals surface area contributed by atoms with E-state index < -0.39 is 0 Å². The zero-order valence-corrected chi connectivity index (χ0v) is 17.8. The van der Waals surface area contributed by atoms with Crippen LogP contribution in [0.4, 0.5) is 5.69 Å². The summed E-state index contributed by atoms with van der Waals surface area (Å²) in [6.45, 7) is 4.35. The number of aryl methyl sites for hydroxylation is 2. The Morgan fingerprint density at radius 1 is 1.06 bits per heavy atom. The standard InChI is InChI=1S/C25H24N2O4/c1-4-21-19(18-8-5-6-9-22(18)31-21)15-27(3)25(29)17-12-11-16(2)20(14-17)26-24(28)23-10-7-13-30-23/h5-14H,4,15H2,1-3H3,(H,26,28). The topological polar surface area (TPSA) is 75.7 Å². The Morgan fingerprint density at radius 2 is 1.87 bits per heavy atom. The summed E-state index contributed by atoms with van der Waals surface area (Å²) < 4.78 is 11.1. The summed E-state index contributed by atoms with van der Waals surface area (Å²) in [4.78, 5) is 27.2. The van der Waals surface area contributed by atoms with Gasteiger partial charge in [0.2, 0.25) is 0 Å². The van der Waals surface area contributed by atoms with Gasteiger partial charge in [-0.15, -0.1) is 0 Å². The highest BCUT2D eigenvalue weighted by atomic mass is 16.3. The van der Waals surface area contributed by atoms with E-state index >= 15 is 0 Å². The van der Waals surface area contributed by atoms with Gasteiger partial charge < -0.3 is 19.1 Å². The van der Waals surface area contributed by atoms with Gasteiger partial charge in [-0.05, 0) is 42.8 Å². The lowest BCUT2D eigenvalue weighted by Crippen LogP contribution is -2.26. The number of nitrogens with zero attached hydrogens (tertiary/aromatic N) is 1. The molecule has 0 bridgehead atoms. The number of amides is 2. The summed E-state index contributed by atoms with van der Waals surface area (Å²) in [7, 11) is 1.77. The number of para-hydroxylation sites is 1. The van der Waals surface area contributed by atoms with E-state index in [1.165, 1.54) is 6.26 Å². The van der Waals surface area contributed by atoms with E-state index in [1.807, 2.05) is 44.2 Å². The van der Waals surface area contributed by atoms with Gasteiger partial charge in [-0.2, -0.15) is 0 Å². The molecule has 2 amide bonds. The minimum absolute atomic E-state index is 0.138. The molecule has 0 fully saturated rings. The Bertz CT molecular complexity index is 1240. The second-order valence-corrected chi connectivity index (χ2v) is 7.48. The summed E-state index contributed by atoms with van der Waals surface area (Å²) in [6, 6.07) is 16.4. The molecule has 2 aromatic carbocycles. The van der Waals surface area contributed by atoms with Crippen LogP contribution in [0.1, 0.15) is 44.7 Å². The van der Waals surface area contributed by atoms with Crippen molar-refractivity contribution in [3.8, 4) is 0 Å². The monoisotopic (exact) mass is 416 g/mol. The smallest absolute Gasteiger partial charge is 0.291 e. The molecule has 0 aliphatic rings. The van der Waals surface area contributed by atoms with Crippen LogP contribution in [-0.4, -0.2) is 23.8 Å². The van der Waals surface area contributed by atoms with E-state index in [0.29, 0.717) is 17.8 Å². The van der Waals surface area contributed by atoms with Crippen LogP contribution in [0.15, 0.2) is 69.7 Å². The number of furan rings is 2. The number of anilines is 1.